The Morgan fingerprint density at radius 3 is 1.04 bits per heavy atom. The van der Waals surface area contributed by atoms with Crippen molar-refractivity contribution in [1.82, 2.24) is 26.6 Å². The van der Waals surface area contributed by atoms with Crippen LogP contribution in [0.2, 0.25) is 0 Å². The van der Waals surface area contributed by atoms with Crippen LogP contribution in [0.5, 0.6) is 0 Å². The molecular weight excluding hydrogens is 1930 g/mol. The molecule has 1 unspecified atom stereocenters. The van der Waals surface area contributed by atoms with Crippen LogP contribution in [-0.4, -0.2) is 591 Å². The molecule has 814 valence electrons. The van der Waals surface area contributed by atoms with Crippen molar-refractivity contribution in [2.45, 2.75) is 398 Å². The molecule has 0 aromatic heterocycles. The number of carboxylic acid groups (broad SMARTS) is 1. The highest BCUT2D eigenvalue weighted by Crippen LogP contribution is 2.44. The standard InChI is InChI=1S/C79H131N5O57/c1-18-40(100)49(109)52(112)72(122-18)133-60-33(16-92)131-71(39(84-24(7)97)64(60)137-74-54(114)51(111)43(103)27(10-86)125-74)139-66-45(105)28(11-87)126-75(55(66)115)132-58-31(14-90)130-70(36(48(58)108)81-21(4)94)138-65-44(104)29(12-88)127-76(56(65)116)134-59-32(15-91)129-69(38(83-23(6)96)63(59)136-73-53(113)50(110)41(101)19(2)123-73)121-17-34-47(107)61(37(68(118)124-34)82-22(5)95)135-77-57(117)67(46(106)30(13-89)128-77)141-79(78(119)120)8-25(98)35(80-20(3)93)62(140-79)42(102)26(99)9-85/h18-19,25-77,85-92,98-118H,8-17H2,1-7H3,(H,80,93)(H,81,94)(H,82,95)(H,83,96)(H,84,97)(H,119,120)/t18-,19-,25-,26+,27+,28+,29+,30+,31+,32+,33+,34+,35+,36+,37+,38+,39+,40+,41+,42+,43-,44-,45-,46-,47-,48+,49+,50+,51-,52-,53-,54+,55+,56+,57+,58+,59+,60+,61+,62+,63+,64+,65-,66-,67-,68?,69+,70-,71-,72-,73-,74-,75-,76-,77-,79-/m0/s1. The van der Waals surface area contributed by atoms with Crippen LogP contribution in [-0.2, 0) is 128 Å². The SMILES string of the molecule is CC(=O)N[C@H]1[C@H](O[C@H]2[C@@H](O)[C@@H](CO)O[C@@H](O[C@H]3[C@H](O[C@@H]4O[C@@H](C)[C@@H](O)[C@@H](O)[C@@H]4O)[C@@H](NC(C)=O)[C@H](OC[C@H]4OC(O)[C@H](NC(C)=O)[C@@H](O[C@@H]5O[C@H](CO)[C@H](O)[C@H](O[C@]6(C(=O)O)C[C@H](O)[C@@H](NC(C)=O)[C@H]([C@H](O)[C@H](O)CO)O6)[C@H]5O)[C@H]4O)O[C@@H]3CO)[C@@H]2O)O[C@H](CO)[C@@H](O[C@@H]2O[C@H](CO)[C@H](O)[C@H](O[C@@H]3O[C@H](CO)[C@@H](O[C@@H]4O[C@@H](C)[C@@H](O)[C@@H](O)[C@@H]4O)[C@H](O[C@@H]4O[C@H](CO)[C@H](O)[C@H](O)[C@H]4O)[C@H]3NC(C)=O)[C@H]2O)[C@@H]1O. The number of aliphatic hydroxyl groups is 29. The van der Waals surface area contributed by atoms with E-state index < -0.39 is 444 Å². The van der Waals surface area contributed by atoms with Crippen molar-refractivity contribution in [3.05, 3.63) is 0 Å². The lowest BCUT2D eigenvalue weighted by Gasteiger charge is -2.52. The molecule has 0 aromatic rings. The predicted octanol–water partition coefficient (Wildman–Crippen LogP) is -23.0. The van der Waals surface area contributed by atoms with Crippen LogP contribution >= 0.6 is 0 Å². The van der Waals surface area contributed by atoms with E-state index in [1.807, 2.05) is 0 Å². The second-order valence-corrected chi connectivity index (χ2v) is 35.9. The molecule has 0 aliphatic carbocycles. The van der Waals surface area contributed by atoms with Crippen molar-refractivity contribution in [2.75, 3.05) is 59.5 Å². The summed E-state index contributed by atoms with van der Waals surface area (Å²) in [5.74, 6) is -10.4. The number of carboxylic acids is 1. The largest absolute Gasteiger partial charge is 0.477 e. The maximum Gasteiger partial charge on any atom is 0.364 e. The van der Waals surface area contributed by atoms with Crippen LogP contribution < -0.4 is 26.6 Å². The van der Waals surface area contributed by atoms with Gasteiger partial charge in [-0.15, -0.1) is 0 Å². The molecule has 0 spiro atoms. The summed E-state index contributed by atoms with van der Waals surface area (Å²) in [4.78, 5) is 78.7. The average Bonchev–Trinajstić information content (AvgIpc) is 0.755. The van der Waals surface area contributed by atoms with E-state index in [1.165, 1.54) is 13.8 Å². The number of aliphatic hydroxyl groups excluding tert-OH is 29. The van der Waals surface area contributed by atoms with Gasteiger partial charge in [-0.2, -0.15) is 0 Å². The fraction of sp³-hybridized carbons (Fsp3) is 0.924. The zero-order chi connectivity index (χ0) is 104. The first-order chi connectivity index (χ1) is 66.5. The summed E-state index contributed by atoms with van der Waals surface area (Å²) in [6, 6.07) is -9.80. The Labute approximate surface area is 798 Å². The van der Waals surface area contributed by atoms with E-state index in [2.05, 4.69) is 26.6 Å². The summed E-state index contributed by atoms with van der Waals surface area (Å²) in [6.45, 7) is -3.73. The smallest absolute Gasteiger partial charge is 0.364 e. The molecule has 11 saturated heterocycles. The quantitative estimate of drug-likeness (QED) is 0.0275. The number of nitrogens with one attached hydrogen (secondary N) is 5. The molecule has 5 amide bonds. The van der Waals surface area contributed by atoms with Gasteiger partial charge >= 0.3 is 5.97 Å². The molecular formula is C79H131N5O57. The first kappa shape index (κ1) is 116. The van der Waals surface area contributed by atoms with Crippen molar-refractivity contribution in [3.8, 4) is 0 Å². The monoisotopic (exact) mass is 2060 g/mol. The van der Waals surface area contributed by atoms with E-state index in [4.69, 9.17) is 99.5 Å². The molecule has 0 bridgehead atoms. The molecule has 0 aromatic carbocycles. The molecule has 0 saturated carbocycles. The Hall–Kier alpha value is -5.18. The highest BCUT2D eigenvalue weighted by atomic mass is 16.8. The van der Waals surface area contributed by atoms with E-state index in [0.717, 1.165) is 34.6 Å². The lowest BCUT2D eigenvalue weighted by molar-refractivity contribution is -0.394. The van der Waals surface area contributed by atoms with Gasteiger partial charge in [-0.05, 0) is 13.8 Å². The molecule has 11 rings (SSSR count). The molecule has 0 radical (unpaired) electrons. The van der Waals surface area contributed by atoms with Gasteiger partial charge in [0.15, 0.2) is 62.9 Å². The van der Waals surface area contributed by atoms with Gasteiger partial charge in [-0.1, -0.05) is 0 Å². The number of aliphatic carboxylic acids is 1. The van der Waals surface area contributed by atoms with Gasteiger partial charge in [0, 0.05) is 41.0 Å². The number of amides is 5. The lowest BCUT2D eigenvalue weighted by atomic mass is 9.88. The summed E-state index contributed by atoms with van der Waals surface area (Å²) in [5, 5.41) is 349. The van der Waals surface area contributed by atoms with Crippen molar-refractivity contribution >= 4 is 35.5 Å². The van der Waals surface area contributed by atoms with Gasteiger partial charge < -0.3 is 279 Å². The highest BCUT2D eigenvalue weighted by molar-refractivity contribution is 5.77. The second-order valence-electron chi connectivity index (χ2n) is 35.9. The molecule has 11 aliphatic rings. The molecule has 62 nitrogen and oxygen atoms in total. The van der Waals surface area contributed by atoms with Crippen LogP contribution in [0, 0.1) is 0 Å². The predicted molar refractivity (Wildman–Crippen MR) is 435 cm³/mol. The molecule has 56 atom stereocenters. The number of carbonyl (C=O) groups excluding carboxylic acids is 5. The van der Waals surface area contributed by atoms with Gasteiger partial charge in [0.1, 0.15) is 250 Å². The minimum Gasteiger partial charge on any atom is -0.477 e. The van der Waals surface area contributed by atoms with E-state index in [0.29, 0.717) is 0 Å². The average molecular weight is 2060 g/mol. The summed E-state index contributed by atoms with van der Waals surface area (Å²) in [5.41, 5.74) is 0. The Balaban J connectivity index is 0.844. The molecule has 11 heterocycles. The van der Waals surface area contributed by atoms with Crippen LogP contribution in [0.15, 0.2) is 0 Å². The lowest BCUT2D eigenvalue weighted by Crippen LogP contribution is -2.72. The van der Waals surface area contributed by atoms with Crippen LogP contribution in [0.3, 0.4) is 0 Å². The Morgan fingerprint density at radius 1 is 0.305 bits per heavy atom. The van der Waals surface area contributed by atoms with E-state index in [1.54, 1.807) is 0 Å². The first-order valence-electron chi connectivity index (χ1n) is 45.0. The molecule has 11 fully saturated rings. The number of rotatable bonds is 37. The van der Waals surface area contributed by atoms with Crippen molar-refractivity contribution < 1.29 is 281 Å². The Morgan fingerprint density at radius 2 is 0.617 bits per heavy atom. The second kappa shape index (κ2) is 50.0. The Kier molecular flexibility index (Phi) is 41.1. The number of hydrogen-bond donors (Lipinski definition) is 35. The van der Waals surface area contributed by atoms with Gasteiger partial charge in [-0.3, -0.25) is 24.0 Å². The molecule has 62 heteroatoms. The highest BCUT2D eigenvalue weighted by Gasteiger charge is 2.65. The summed E-state index contributed by atoms with van der Waals surface area (Å²) in [6.07, 6.45) is -108. The maximum atomic E-state index is 13.6. The fourth-order valence-electron chi connectivity index (χ4n) is 18.4. The fourth-order valence-corrected chi connectivity index (χ4v) is 18.4. The third-order valence-corrected chi connectivity index (χ3v) is 25.9. The normalized spacial score (nSPS) is 48.3. The third-order valence-electron chi connectivity index (χ3n) is 25.9. The molecule has 141 heavy (non-hydrogen) atoms. The van der Waals surface area contributed by atoms with Gasteiger partial charge in [0.2, 0.25) is 29.5 Å². The van der Waals surface area contributed by atoms with Crippen LogP contribution in [0.4, 0.5) is 0 Å². The minimum atomic E-state index is -3.32. The number of carbonyl (C=O) groups is 6. The van der Waals surface area contributed by atoms with Crippen LogP contribution in [0.25, 0.3) is 0 Å². The summed E-state index contributed by atoms with van der Waals surface area (Å²) in [7, 11) is 0. The first-order valence-corrected chi connectivity index (χ1v) is 45.0. The van der Waals surface area contributed by atoms with Gasteiger partial charge in [-0.25, -0.2) is 4.79 Å². The third kappa shape index (κ3) is 25.6. The molecule has 35 N–H and O–H groups in total. The van der Waals surface area contributed by atoms with Crippen molar-refractivity contribution in [1.29, 1.82) is 0 Å². The summed E-state index contributed by atoms with van der Waals surface area (Å²) < 4.78 is 126. The van der Waals surface area contributed by atoms with Crippen molar-refractivity contribution in [3.63, 3.8) is 0 Å². The minimum absolute atomic E-state index is 0.886. The van der Waals surface area contributed by atoms with E-state index in [-0.39, 0.29) is 0 Å². The van der Waals surface area contributed by atoms with Crippen LogP contribution in [0.1, 0.15) is 54.9 Å². The van der Waals surface area contributed by atoms with E-state index >= 15 is 0 Å². The number of ether oxygens (including phenoxy) is 21. The summed E-state index contributed by atoms with van der Waals surface area (Å²) >= 11 is 0. The zero-order valence-corrected chi connectivity index (χ0v) is 76.3. The van der Waals surface area contributed by atoms with Gasteiger partial charge in [0.05, 0.1) is 83.8 Å². The Bertz CT molecular complexity index is 3990. The maximum absolute atomic E-state index is 13.6. The number of hydrogen-bond acceptors (Lipinski definition) is 56. The zero-order valence-electron chi connectivity index (χ0n) is 76.3. The van der Waals surface area contributed by atoms with Crippen molar-refractivity contribution in [2.24, 2.45) is 0 Å². The topological polar surface area (TPSA) is 963 Å². The molecule has 11 aliphatic heterocycles. The van der Waals surface area contributed by atoms with Gasteiger partial charge in [0.25, 0.3) is 5.79 Å². The van der Waals surface area contributed by atoms with E-state index in [9.17, 15) is 182 Å².